The molecule has 27 heavy (non-hydrogen) atoms. The monoisotopic (exact) mass is 364 g/mol. The number of nitrogens with one attached hydrogen (secondary N) is 2. The van der Waals surface area contributed by atoms with Crippen LogP contribution < -0.4 is 15.6 Å². The summed E-state index contributed by atoms with van der Waals surface area (Å²) in [5, 5.41) is 7.30. The number of nitrogens with zero attached hydrogens (tertiary/aromatic N) is 5. The maximum absolute atomic E-state index is 5.40. The summed E-state index contributed by atoms with van der Waals surface area (Å²) in [5.74, 6) is 1.90. The molecule has 0 spiro atoms. The van der Waals surface area contributed by atoms with Crippen molar-refractivity contribution in [2.24, 2.45) is 5.10 Å². The first-order valence-corrected chi connectivity index (χ1v) is 8.53. The molecule has 3 aromatic rings. The summed E-state index contributed by atoms with van der Waals surface area (Å²) in [6.45, 7) is 2.73. The second-order valence-electron chi connectivity index (χ2n) is 5.70. The van der Waals surface area contributed by atoms with Crippen molar-refractivity contribution in [3.05, 3.63) is 54.5 Å². The number of hydrogen-bond donors (Lipinski definition) is 2. The Morgan fingerprint density at radius 1 is 1.04 bits per heavy atom. The van der Waals surface area contributed by atoms with E-state index < -0.39 is 0 Å². The van der Waals surface area contributed by atoms with Crippen LogP contribution in [0.15, 0.2) is 52.0 Å². The average Bonchev–Trinajstić information content (AvgIpc) is 3.23. The minimum absolute atomic E-state index is 0.330. The third-order valence-corrected chi connectivity index (χ3v) is 3.80. The summed E-state index contributed by atoms with van der Waals surface area (Å²) in [7, 11) is 0. The number of aromatic nitrogens is 3. The summed E-state index contributed by atoms with van der Waals surface area (Å²) < 4.78 is 10.5. The zero-order valence-corrected chi connectivity index (χ0v) is 14.5. The van der Waals surface area contributed by atoms with Crippen molar-refractivity contribution >= 4 is 29.7 Å². The molecule has 9 nitrogen and oxygen atoms in total. The molecule has 3 heterocycles. The summed E-state index contributed by atoms with van der Waals surface area (Å²) in [6.07, 6.45) is 4.13. The van der Waals surface area contributed by atoms with Crippen molar-refractivity contribution < 1.29 is 9.15 Å². The fraction of sp³-hybridized carbons (Fsp3) is 0.222. The van der Waals surface area contributed by atoms with E-state index >= 15 is 0 Å². The third-order valence-electron chi connectivity index (χ3n) is 3.80. The zero-order chi connectivity index (χ0) is 18.3. The molecule has 1 fully saturated rings. The molecule has 0 atom stereocenters. The molecule has 2 N–H and O–H groups in total. The Balaban J connectivity index is 1.57. The van der Waals surface area contributed by atoms with Crippen molar-refractivity contribution in [1.29, 1.82) is 0 Å². The predicted molar refractivity (Wildman–Crippen MR) is 101 cm³/mol. The van der Waals surface area contributed by atoms with E-state index in [1.54, 1.807) is 12.1 Å². The van der Waals surface area contributed by atoms with Gasteiger partial charge in [0, 0.05) is 18.8 Å². The molecule has 137 valence electrons. The van der Waals surface area contributed by atoms with Crippen molar-refractivity contribution in [1.82, 2.24) is 15.0 Å². The maximum atomic E-state index is 5.40. The molecule has 1 saturated heterocycles. The van der Waals surface area contributed by atoms with Gasteiger partial charge in [0.1, 0.15) is 5.76 Å². The number of anilines is 4. The van der Waals surface area contributed by atoms with Crippen LogP contribution in [-0.4, -0.2) is 47.5 Å². The van der Waals surface area contributed by atoms with E-state index in [0.717, 1.165) is 18.8 Å². The average molecular weight is 364 g/mol. The number of ether oxygens (including phenoxy) is 1. The van der Waals surface area contributed by atoms with Gasteiger partial charge in [-0.05, 0) is 24.3 Å². The first-order valence-electron chi connectivity index (χ1n) is 8.53. The molecule has 0 saturated carbocycles. The quantitative estimate of drug-likeness (QED) is 0.508. The number of para-hydroxylation sites is 1. The molecule has 4 rings (SSSR count). The lowest BCUT2D eigenvalue weighted by atomic mass is 10.3. The number of rotatable bonds is 6. The highest BCUT2D eigenvalue weighted by Gasteiger charge is 2.16. The van der Waals surface area contributed by atoms with Gasteiger partial charge >= 0.3 is 0 Å². The molecule has 0 amide bonds. The minimum atomic E-state index is 0.330. The molecule has 0 unspecified atom stereocenters. The van der Waals surface area contributed by atoms with E-state index in [0.29, 0.717) is 36.8 Å². The predicted octanol–water partition coefficient (Wildman–Crippen LogP) is 2.29. The lowest BCUT2D eigenvalue weighted by Gasteiger charge is -2.27. The summed E-state index contributed by atoms with van der Waals surface area (Å²) in [6, 6.07) is 13.1. The Kier molecular flexibility index (Phi) is 5.21. The molecule has 9 heteroatoms. The van der Waals surface area contributed by atoms with Crippen LogP contribution in [0.4, 0.5) is 23.5 Å². The smallest absolute Gasteiger partial charge is 0.250 e. The van der Waals surface area contributed by atoms with E-state index in [4.69, 9.17) is 9.15 Å². The standard InChI is InChI=1S/C18H18N7O2/c1-2-5-14(6-3-1)20-16-21-17(24-19-13-15-7-4-10-27-15)23-18(22-16)25-8-11-26-12-9-25/h1-7,13H,8-9,11-12H2,(H2,20,21,22,23,24). The van der Waals surface area contributed by atoms with E-state index in [1.807, 2.05) is 30.3 Å². The van der Waals surface area contributed by atoms with E-state index in [1.165, 1.54) is 6.21 Å². The number of benzene rings is 1. The number of morpholine rings is 1. The van der Waals surface area contributed by atoms with Gasteiger partial charge in [-0.2, -0.15) is 20.1 Å². The van der Waals surface area contributed by atoms with Crippen LogP contribution in [0.5, 0.6) is 0 Å². The lowest BCUT2D eigenvalue weighted by Crippen LogP contribution is -2.37. The van der Waals surface area contributed by atoms with Crippen LogP contribution in [0.25, 0.3) is 0 Å². The Morgan fingerprint density at radius 2 is 1.85 bits per heavy atom. The van der Waals surface area contributed by atoms with Crippen LogP contribution in [-0.2, 0) is 4.74 Å². The summed E-state index contributed by atoms with van der Waals surface area (Å²) in [5.41, 5.74) is 3.71. The molecular formula is C18H18N7O2. The van der Waals surface area contributed by atoms with Crippen molar-refractivity contribution in [3.63, 3.8) is 0 Å². The van der Waals surface area contributed by atoms with E-state index in [9.17, 15) is 0 Å². The SMILES string of the molecule is [c]1ccc(C=NNc2nc(Nc3ccccc3)nc(N3CCOCC3)n2)o1. The van der Waals surface area contributed by atoms with Gasteiger partial charge in [0.15, 0.2) is 6.26 Å². The first kappa shape index (κ1) is 17.0. The molecular weight excluding hydrogens is 346 g/mol. The third kappa shape index (κ3) is 4.59. The van der Waals surface area contributed by atoms with Gasteiger partial charge in [-0.25, -0.2) is 5.43 Å². The van der Waals surface area contributed by atoms with Crippen LogP contribution in [0.1, 0.15) is 5.76 Å². The molecule has 0 bridgehead atoms. The van der Waals surface area contributed by atoms with Gasteiger partial charge in [-0.1, -0.05) is 18.2 Å². The highest BCUT2D eigenvalue weighted by atomic mass is 16.5. The number of hydrogen-bond acceptors (Lipinski definition) is 9. The molecule has 1 aliphatic rings. The van der Waals surface area contributed by atoms with Crippen LogP contribution >= 0.6 is 0 Å². The first-order chi connectivity index (χ1) is 13.4. The highest BCUT2D eigenvalue weighted by Crippen LogP contribution is 2.18. The maximum Gasteiger partial charge on any atom is 0.250 e. The minimum Gasteiger partial charge on any atom is -0.452 e. The molecule has 1 aliphatic heterocycles. The number of furan rings is 1. The fourth-order valence-corrected chi connectivity index (χ4v) is 2.50. The second kappa shape index (κ2) is 8.28. The van der Waals surface area contributed by atoms with Crippen LogP contribution in [0.3, 0.4) is 0 Å². The largest absolute Gasteiger partial charge is 0.452 e. The molecule has 1 aromatic carbocycles. The van der Waals surface area contributed by atoms with Crippen LogP contribution in [0, 0.1) is 6.26 Å². The summed E-state index contributed by atoms with van der Waals surface area (Å²) in [4.78, 5) is 15.4. The zero-order valence-electron chi connectivity index (χ0n) is 14.5. The Hall–Kier alpha value is -3.46. The van der Waals surface area contributed by atoms with Crippen molar-refractivity contribution in [3.8, 4) is 0 Å². The molecule has 0 aliphatic carbocycles. The second-order valence-corrected chi connectivity index (χ2v) is 5.70. The Bertz CT molecular complexity index is 878. The van der Waals surface area contributed by atoms with Crippen molar-refractivity contribution in [2.75, 3.05) is 41.9 Å². The lowest BCUT2D eigenvalue weighted by molar-refractivity contribution is 0.122. The van der Waals surface area contributed by atoms with Crippen molar-refractivity contribution in [2.45, 2.75) is 0 Å². The van der Waals surface area contributed by atoms with Gasteiger partial charge in [-0.3, -0.25) is 0 Å². The topological polar surface area (TPSA) is 101 Å². The Morgan fingerprint density at radius 3 is 2.63 bits per heavy atom. The normalized spacial score (nSPS) is 14.4. The number of hydrazone groups is 1. The van der Waals surface area contributed by atoms with Crippen LogP contribution in [0.2, 0.25) is 0 Å². The van der Waals surface area contributed by atoms with E-state index in [2.05, 4.69) is 42.0 Å². The molecule has 2 aromatic heterocycles. The van der Waals surface area contributed by atoms with Gasteiger partial charge in [0.25, 0.3) is 0 Å². The van der Waals surface area contributed by atoms with Gasteiger partial charge in [0.05, 0.1) is 19.4 Å². The summed E-state index contributed by atoms with van der Waals surface area (Å²) >= 11 is 0. The van der Waals surface area contributed by atoms with Gasteiger partial charge in [-0.15, -0.1) is 0 Å². The van der Waals surface area contributed by atoms with E-state index in [-0.39, 0.29) is 0 Å². The fourth-order valence-electron chi connectivity index (χ4n) is 2.50. The van der Waals surface area contributed by atoms with Gasteiger partial charge in [0.2, 0.25) is 17.8 Å². The Labute approximate surface area is 156 Å². The molecule has 1 radical (unpaired) electrons. The highest BCUT2D eigenvalue weighted by molar-refractivity contribution is 5.76. The van der Waals surface area contributed by atoms with Gasteiger partial charge < -0.3 is 19.4 Å².